The molecule has 0 aromatic heterocycles. The third kappa shape index (κ3) is 8.16. The second-order valence-electron chi connectivity index (χ2n) is 10.0. The first kappa shape index (κ1) is 32.7. The minimum absolute atomic E-state index is 0.00888. The third-order valence-electron chi connectivity index (χ3n) is 6.51. The molecule has 0 aliphatic heterocycles. The summed E-state index contributed by atoms with van der Waals surface area (Å²) in [7, 11) is -4.21. The highest BCUT2D eigenvalue weighted by Gasteiger charge is 2.34. The van der Waals surface area contributed by atoms with Crippen LogP contribution in [-0.4, -0.2) is 44.3 Å². The molecule has 3 rings (SSSR count). The van der Waals surface area contributed by atoms with Crippen LogP contribution in [-0.2, 0) is 26.2 Å². The first-order valence-electron chi connectivity index (χ1n) is 13.2. The number of anilines is 1. The number of sulfonamides is 1. The topological polar surface area (TPSA) is 86.8 Å². The van der Waals surface area contributed by atoms with Crippen LogP contribution in [0.5, 0.6) is 0 Å². The summed E-state index contributed by atoms with van der Waals surface area (Å²) >= 11 is 19.2. The largest absolute Gasteiger partial charge is 0.354 e. The summed E-state index contributed by atoms with van der Waals surface area (Å²) in [6, 6.07) is 16.7. The van der Waals surface area contributed by atoms with Crippen LogP contribution >= 0.6 is 34.8 Å². The summed E-state index contributed by atoms with van der Waals surface area (Å²) < 4.78 is 29.0. The molecule has 0 unspecified atom stereocenters. The van der Waals surface area contributed by atoms with Gasteiger partial charge in [0, 0.05) is 33.7 Å². The summed E-state index contributed by atoms with van der Waals surface area (Å²) in [6.07, 6.45) is 0.277. The molecule has 1 N–H and O–H groups in total. The summed E-state index contributed by atoms with van der Waals surface area (Å²) in [5, 5.41) is 3.86. The van der Waals surface area contributed by atoms with E-state index in [2.05, 4.69) is 5.32 Å². The van der Waals surface area contributed by atoms with E-state index in [1.54, 1.807) is 62.4 Å². The zero-order chi connectivity index (χ0) is 30.3. The van der Waals surface area contributed by atoms with E-state index in [0.29, 0.717) is 32.7 Å². The highest BCUT2D eigenvalue weighted by Crippen LogP contribution is 2.31. The fourth-order valence-electron chi connectivity index (χ4n) is 4.28. The Hall–Kier alpha value is -2.78. The van der Waals surface area contributed by atoms with Gasteiger partial charge in [-0.25, -0.2) is 8.42 Å². The van der Waals surface area contributed by atoms with Crippen LogP contribution in [0.1, 0.15) is 38.3 Å². The Bertz CT molecular complexity index is 1460. The fraction of sp³-hybridized carbons (Fsp3) is 0.333. The molecule has 0 aliphatic rings. The van der Waals surface area contributed by atoms with Crippen molar-refractivity contribution in [3.8, 4) is 0 Å². The Morgan fingerprint density at radius 1 is 0.927 bits per heavy atom. The van der Waals surface area contributed by atoms with Crippen LogP contribution in [0.15, 0.2) is 71.6 Å². The van der Waals surface area contributed by atoms with Gasteiger partial charge in [0.2, 0.25) is 11.8 Å². The fourth-order valence-corrected chi connectivity index (χ4v) is 6.45. The Labute approximate surface area is 257 Å². The van der Waals surface area contributed by atoms with Gasteiger partial charge in [-0.3, -0.25) is 13.9 Å². The summed E-state index contributed by atoms with van der Waals surface area (Å²) in [4.78, 5) is 28.9. The third-order valence-corrected chi connectivity index (χ3v) is 9.23. The molecule has 7 nitrogen and oxygen atoms in total. The van der Waals surface area contributed by atoms with Crippen molar-refractivity contribution >= 4 is 62.3 Å². The molecular weight excluding hydrogens is 605 g/mol. The van der Waals surface area contributed by atoms with E-state index >= 15 is 0 Å². The van der Waals surface area contributed by atoms with E-state index in [9.17, 15) is 18.0 Å². The van der Waals surface area contributed by atoms with Crippen LogP contribution in [0.25, 0.3) is 0 Å². The molecular formula is C30H34Cl3N3O4S. The van der Waals surface area contributed by atoms with Gasteiger partial charge in [-0.05, 0) is 61.2 Å². The van der Waals surface area contributed by atoms with Crippen molar-refractivity contribution in [2.24, 2.45) is 5.92 Å². The highest BCUT2D eigenvalue weighted by molar-refractivity contribution is 7.92. The average Bonchev–Trinajstić information content (AvgIpc) is 2.93. The van der Waals surface area contributed by atoms with Crippen LogP contribution in [0.3, 0.4) is 0 Å². The number of amides is 2. The number of hydrogen-bond acceptors (Lipinski definition) is 4. The first-order chi connectivity index (χ1) is 19.4. The molecule has 1 atom stereocenters. The predicted molar refractivity (Wildman–Crippen MR) is 166 cm³/mol. The molecule has 0 fully saturated rings. The van der Waals surface area contributed by atoms with Gasteiger partial charge in [-0.1, -0.05) is 85.9 Å². The number of benzene rings is 3. The van der Waals surface area contributed by atoms with Crippen LogP contribution in [0.2, 0.25) is 15.1 Å². The van der Waals surface area contributed by atoms with Gasteiger partial charge < -0.3 is 10.2 Å². The van der Waals surface area contributed by atoms with Gasteiger partial charge in [0.05, 0.1) is 10.6 Å². The summed E-state index contributed by atoms with van der Waals surface area (Å²) in [5.74, 6) is -0.767. The second kappa shape index (κ2) is 14.4. The molecule has 3 aromatic rings. The van der Waals surface area contributed by atoms with E-state index in [-0.39, 0.29) is 35.4 Å². The van der Waals surface area contributed by atoms with Crippen molar-refractivity contribution < 1.29 is 18.0 Å². The Balaban J connectivity index is 2.12. The van der Waals surface area contributed by atoms with E-state index < -0.39 is 28.5 Å². The summed E-state index contributed by atoms with van der Waals surface area (Å²) in [5.41, 5.74) is 1.31. The molecule has 0 heterocycles. The van der Waals surface area contributed by atoms with Gasteiger partial charge in [-0.2, -0.15) is 0 Å². The zero-order valence-corrected chi connectivity index (χ0v) is 26.5. The van der Waals surface area contributed by atoms with Crippen molar-refractivity contribution in [2.75, 3.05) is 17.4 Å². The lowest BCUT2D eigenvalue weighted by Gasteiger charge is -2.34. The number of halogens is 3. The lowest BCUT2D eigenvalue weighted by atomic mass is 10.1. The molecule has 3 aromatic carbocycles. The molecule has 41 heavy (non-hydrogen) atoms. The van der Waals surface area contributed by atoms with Crippen LogP contribution in [0, 0.1) is 12.8 Å². The van der Waals surface area contributed by atoms with Crippen LogP contribution in [0.4, 0.5) is 5.69 Å². The maximum atomic E-state index is 14.2. The average molecular weight is 639 g/mol. The molecule has 2 amide bonds. The monoisotopic (exact) mass is 637 g/mol. The number of hydrogen-bond donors (Lipinski definition) is 1. The number of rotatable bonds is 12. The molecule has 11 heteroatoms. The Morgan fingerprint density at radius 2 is 1.56 bits per heavy atom. The van der Waals surface area contributed by atoms with Gasteiger partial charge in [0.15, 0.2) is 0 Å². The van der Waals surface area contributed by atoms with E-state index in [1.807, 2.05) is 13.8 Å². The lowest BCUT2D eigenvalue weighted by Crippen LogP contribution is -2.52. The van der Waals surface area contributed by atoms with E-state index in [1.165, 1.54) is 23.1 Å². The van der Waals surface area contributed by atoms with Gasteiger partial charge in [0.1, 0.15) is 12.6 Å². The minimum atomic E-state index is -4.21. The Morgan fingerprint density at radius 3 is 2.15 bits per heavy atom. The molecule has 0 radical (unpaired) electrons. The van der Waals surface area contributed by atoms with Gasteiger partial charge >= 0.3 is 0 Å². The quantitative estimate of drug-likeness (QED) is 0.238. The van der Waals surface area contributed by atoms with Crippen molar-refractivity contribution in [2.45, 2.75) is 51.6 Å². The maximum absolute atomic E-state index is 14.2. The number of carbonyl (C=O) groups excluding carboxylic acids is 2. The molecule has 0 saturated heterocycles. The smallest absolute Gasteiger partial charge is 0.264 e. The van der Waals surface area contributed by atoms with Gasteiger partial charge in [0.25, 0.3) is 10.0 Å². The summed E-state index contributed by atoms with van der Waals surface area (Å²) in [6.45, 7) is 7.18. The number of aryl methyl sites for hydroxylation is 1. The normalized spacial score (nSPS) is 12.2. The SMILES string of the molecule is CC[C@@H](C(=O)NCC(C)C)N(Cc1c(Cl)cccc1Cl)C(=O)CN(c1cc(Cl)ccc1C)S(=O)(=O)c1ccccc1. The number of carbonyl (C=O) groups is 2. The maximum Gasteiger partial charge on any atom is 0.264 e. The Kier molecular flexibility index (Phi) is 11.5. The molecule has 0 saturated carbocycles. The van der Waals surface area contributed by atoms with Crippen molar-refractivity contribution in [3.63, 3.8) is 0 Å². The van der Waals surface area contributed by atoms with E-state index in [4.69, 9.17) is 34.8 Å². The van der Waals surface area contributed by atoms with Crippen molar-refractivity contribution in [3.05, 3.63) is 92.9 Å². The molecule has 0 bridgehead atoms. The second-order valence-corrected chi connectivity index (χ2v) is 13.2. The molecule has 220 valence electrons. The zero-order valence-electron chi connectivity index (χ0n) is 23.4. The first-order valence-corrected chi connectivity index (χ1v) is 15.8. The lowest BCUT2D eigenvalue weighted by molar-refractivity contribution is -0.140. The van der Waals surface area contributed by atoms with Crippen molar-refractivity contribution in [1.82, 2.24) is 10.2 Å². The van der Waals surface area contributed by atoms with Crippen LogP contribution < -0.4 is 9.62 Å². The molecule has 0 spiro atoms. The minimum Gasteiger partial charge on any atom is -0.354 e. The number of nitrogens with zero attached hydrogens (tertiary/aromatic N) is 2. The van der Waals surface area contributed by atoms with Crippen molar-refractivity contribution in [1.29, 1.82) is 0 Å². The standard InChI is InChI=1S/C30H34Cl3N3O4S/c1-5-27(30(38)34-17-20(2)3)35(18-24-25(32)12-9-13-26(24)33)29(37)19-36(28-16-22(31)15-14-21(28)4)41(39,40)23-10-7-6-8-11-23/h6-16,20,27H,5,17-19H2,1-4H3,(H,34,38)/t27-/m0/s1. The van der Waals surface area contributed by atoms with E-state index in [0.717, 1.165) is 4.31 Å². The highest BCUT2D eigenvalue weighted by atomic mass is 35.5. The molecule has 0 aliphatic carbocycles. The van der Waals surface area contributed by atoms with Gasteiger partial charge in [-0.15, -0.1) is 0 Å². The predicted octanol–water partition coefficient (Wildman–Crippen LogP) is 6.73. The number of nitrogens with one attached hydrogen (secondary N) is 1.